The lowest BCUT2D eigenvalue weighted by molar-refractivity contribution is 0.0920. The first-order valence-electron chi connectivity index (χ1n) is 10.4. The summed E-state index contributed by atoms with van der Waals surface area (Å²) in [6.07, 6.45) is 11.4. The van der Waals surface area contributed by atoms with Gasteiger partial charge in [0.25, 0.3) is 0 Å². The van der Waals surface area contributed by atoms with Crippen LogP contribution in [0, 0.1) is 0 Å². The zero-order chi connectivity index (χ0) is 20.5. The molecular weight excluding hydrogens is 358 g/mol. The smallest absolute Gasteiger partial charge is 0.0877 e. The number of unbranched alkanes of at least 4 members (excludes halogenated alkanes) is 1. The van der Waals surface area contributed by atoms with Crippen molar-refractivity contribution in [1.29, 1.82) is 0 Å². The standard InChI is InChI=1S/C26H31NO2/c1-20(28)18-21(2)29-17-9-8-13-23-12-6-7-14-25(23)26-16-15-24(19-27-26)22-10-4-3-5-11-22/h3-7,10-12,14-16,18-19,21,26-28H,8-9,13,17H2,1-2H3/b20-18-. The maximum Gasteiger partial charge on any atom is 0.0877 e. The van der Waals surface area contributed by atoms with Crippen molar-refractivity contribution in [3.63, 3.8) is 0 Å². The molecule has 2 aromatic carbocycles. The van der Waals surface area contributed by atoms with E-state index in [0.717, 1.165) is 19.3 Å². The Bertz CT molecular complexity index is 863. The van der Waals surface area contributed by atoms with Crippen LogP contribution < -0.4 is 5.32 Å². The molecule has 3 rings (SSSR count). The van der Waals surface area contributed by atoms with Gasteiger partial charge in [-0.15, -0.1) is 0 Å². The summed E-state index contributed by atoms with van der Waals surface area (Å²) in [6.45, 7) is 4.33. The van der Waals surface area contributed by atoms with Crippen molar-refractivity contribution >= 4 is 5.57 Å². The molecular formula is C26H31NO2. The van der Waals surface area contributed by atoms with E-state index in [0.29, 0.717) is 12.4 Å². The quantitative estimate of drug-likeness (QED) is 0.401. The molecule has 2 atom stereocenters. The van der Waals surface area contributed by atoms with Gasteiger partial charge in [0.1, 0.15) is 0 Å². The van der Waals surface area contributed by atoms with E-state index in [4.69, 9.17) is 4.74 Å². The fraction of sp³-hybridized carbons (Fsp3) is 0.308. The van der Waals surface area contributed by atoms with Gasteiger partial charge in [0.2, 0.25) is 0 Å². The predicted molar refractivity (Wildman–Crippen MR) is 121 cm³/mol. The number of aryl methyl sites for hydroxylation is 1. The second-order valence-corrected chi connectivity index (χ2v) is 7.51. The van der Waals surface area contributed by atoms with Crippen LogP contribution in [0.1, 0.15) is 49.4 Å². The first kappa shape index (κ1) is 20.9. The number of ether oxygens (including phenoxy) is 1. The fourth-order valence-electron chi connectivity index (χ4n) is 3.63. The molecule has 0 saturated carbocycles. The molecule has 0 radical (unpaired) electrons. The third-order valence-corrected chi connectivity index (χ3v) is 5.08. The van der Waals surface area contributed by atoms with Gasteiger partial charge in [0.15, 0.2) is 0 Å². The van der Waals surface area contributed by atoms with Gasteiger partial charge in [-0.1, -0.05) is 66.7 Å². The van der Waals surface area contributed by atoms with E-state index in [1.807, 2.05) is 13.0 Å². The highest BCUT2D eigenvalue weighted by molar-refractivity contribution is 5.74. The van der Waals surface area contributed by atoms with Gasteiger partial charge in [-0.05, 0) is 61.4 Å². The third kappa shape index (κ3) is 6.37. The number of aliphatic hydroxyl groups is 1. The van der Waals surface area contributed by atoms with Crippen molar-refractivity contribution in [2.24, 2.45) is 0 Å². The van der Waals surface area contributed by atoms with Crippen LogP contribution in [-0.2, 0) is 11.2 Å². The maximum absolute atomic E-state index is 9.28. The summed E-state index contributed by atoms with van der Waals surface area (Å²) < 4.78 is 5.72. The van der Waals surface area contributed by atoms with Crippen LogP contribution >= 0.6 is 0 Å². The van der Waals surface area contributed by atoms with Gasteiger partial charge in [-0.2, -0.15) is 0 Å². The SMILES string of the molecule is C/C(O)=C/C(C)OCCCCc1ccccc1C1C=CC(c2ccccc2)=CN1. The maximum atomic E-state index is 9.28. The zero-order valence-corrected chi connectivity index (χ0v) is 17.3. The van der Waals surface area contributed by atoms with Crippen LogP contribution in [0.4, 0.5) is 0 Å². The highest BCUT2D eigenvalue weighted by Crippen LogP contribution is 2.27. The molecule has 1 aliphatic rings. The monoisotopic (exact) mass is 389 g/mol. The first-order chi connectivity index (χ1) is 14.1. The Morgan fingerprint density at radius 1 is 1.10 bits per heavy atom. The molecule has 2 unspecified atom stereocenters. The third-order valence-electron chi connectivity index (χ3n) is 5.08. The lowest BCUT2D eigenvalue weighted by atomic mass is 9.94. The fourth-order valence-corrected chi connectivity index (χ4v) is 3.63. The number of hydrogen-bond acceptors (Lipinski definition) is 3. The van der Waals surface area contributed by atoms with Crippen molar-refractivity contribution < 1.29 is 9.84 Å². The predicted octanol–water partition coefficient (Wildman–Crippen LogP) is 6.12. The molecule has 0 spiro atoms. The summed E-state index contributed by atoms with van der Waals surface area (Å²) in [7, 11) is 0. The summed E-state index contributed by atoms with van der Waals surface area (Å²) in [5, 5.41) is 12.8. The van der Waals surface area contributed by atoms with E-state index in [2.05, 4.69) is 72.2 Å². The zero-order valence-electron chi connectivity index (χ0n) is 17.3. The molecule has 3 heteroatoms. The highest BCUT2D eigenvalue weighted by Gasteiger charge is 2.14. The molecule has 0 aromatic heterocycles. The molecule has 2 aromatic rings. The average Bonchev–Trinajstić information content (AvgIpc) is 2.74. The van der Waals surface area contributed by atoms with E-state index < -0.39 is 0 Å². The van der Waals surface area contributed by atoms with Crippen LogP contribution in [-0.4, -0.2) is 17.8 Å². The average molecular weight is 390 g/mol. The number of nitrogens with one attached hydrogen (secondary N) is 1. The topological polar surface area (TPSA) is 41.5 Å². The molecule has 0 aliphatic carbocycles. The van der Waals surface area contributed by atoms with Crippen molar-refractivity contribution in [3.8, 4) is 0 Å². The Hall–Kier alpha value is -2.78. The second kappa shape index (κ2) is 10.7. The Morgan fingerprint density at radius 3 is 2.59 bits per heavy atom. The Morgan fingerprint density at radius 2 is 1.86 bits per heavy atom. The van der Waals surface area contributed by atoms with Crippen molar-refractivity contribution in [2.45, 2.75) is 45.3 Å². The number of aliphatic hydroxyl groups excluding tert-OH is 1. The second-order valence-electron chi connectivity index (χ2n) is 7.51. The van der Waals surface area contributed by atoms with Crippen LogP contribution in [0.3, 0.4) is 0 Å². The van der Waals surface area contributed by atoms with Gasteiger partial charge in [-0.3, -0.25) is 0 Å². The Balaban J connectivity index is 1.53. The minimum atomic E-state index is -0.0468. The van der Waals surface area contributed by atoms with Gasteiger partial charge in [-0.25, -0.2) is 0 Å². The van der Waals surface area contributed by atoms with E-state index in [1.54, 1.807) is 13.0 Å². The van der Waals surface area contributed by atoms with Gasteiger partial charge < -0.3 is 15.2 Å². The highest BCUT2D eigenvalue weighted by atomic mass is 16.5. The number of benzene rings is 2. The van der Waals surface area contributed by atoms with E-state index >= 15 is 0 Å². The van der Waals surface area contributed by atoms with E-state index in [1.165, 1.54) is 22.3 Å². The van der Waals surface area contributed by atoms with Crippen LogP contribution in [0.15, 0.2) is 84.8 Å². The summed E-state index contributed by atoms with van der Waals surface area (Å²) in [4.78, 5) is 0. The minimum Gasteiger partial charge on any atom is -0.513 e. The van der Waals surface area contributed by atoms with Crippen LogP contribution in [0.2, 0.25) is 0 Å². The Kier molecular flexibility index (Phi) is 7.71. The van der Waals surface area contributed by atoms with Crippen molar-refractivity contribution in [1.82, 2.24) is 5.32 Å². The summed E-state index contributed by atoms with van der Waals surface area (Å²) in [6, 6.07) is 19.3. The summed E-state index contributed by atoms with van der Waals surface area (Å²) >= 11 is 0. The molecule has 3 nitrogen and oxygen atoms in total. The minimum absolute atomic E-state index is 0.0468. The molecule has 2 N–H and O–H groups in total. The molecule has 152 valence electrons. The van der Waals surface area contributed by atoms with Gasteiger partial charge in [0.05, 0.1) is 17.9 Å². The van der Waals surface area contributed by atoms with E-state index in [9.17, 15) is 5.11 Å². The van der Waals surface area contributed by atoms with Crippen LogP contribution in [0.25, 0.3) is 5.57 Å². The lowest BCUT2D eigenvalue weighted by Crippen LogP contribution is -2.18. The number of allylic oxidation sites excluding steroid dienone is 3. The first-order valence-corrected chi connectivity index (χ1v) is 10.4. The van der Waals surface area contributed by atoms with Crippen molar-refractivity contribution in [2.75, 3.05) is 6.61 Å². The number of rotatable bonds is 9. The van der Waals surface area contributed by atoms with Crippen LogP contribution in [0.5, 0.6) is 0 Å². The van der Waals surface area contributed by atoms with E-state index in [-0.39, 0.29) is 12.1 Å². The number of hydrogen-bond donors (Lipinski definition) is 2. The Labute approximate surface area is 174 Å². The van der Waals surface area contributed by atoms with Gasteiger partial charge in [0, 0.05) is 12.8 Å². The normalized spacial score (nSPS) is 17.5. The lowest BCUT2D eigenvalue weighted by Gasteiger charge is -2.22. The molecule has 1 heterocycles. The molecule has 0 fully saturated rings. The number of dihydropyridines is 1. The molecule has 0 bridgehead atoms. The molecule has 29 heavy (non-hydrogen) atoms. The summed E-state index contributed by atoms with van der Waals surface area (Å²) in [5.41, 5.74) is 5.15. The molecule has 0 amide bonds. The molecule has 1 aliphatic heterocycles. The van der Waals surface area contributed by atoms with Crippen molar-refractivity contribution in [3.05, 3.63) is 101 Å². The molecule has 0 saturated heterocycles. The summed E-state index contributed by atoms with van der Waals surface area (Å²) in [5.74, 6) is 0.309. The largest absolute Gasteiger partial charge is 0.513 e. The van der Waals surface area contributed by atoms with Gasteiger partial charge >= 0.3 is 0 Å².